The van der Waals surface area contributed by atoms with Crippen LogP contribution in [0, 0.1) is 6.92 Å². The molecule has 2 aromatic heterocycles. The SMILES string of the molecule is CCn1nc(C)cc1COc1cccnc1C(=O)O. The molecule has 0 aliphatic rings. The fourth-order valence-electron chi connectivity index (χ4n) is 1.81. The highest BCUT2D eigenvalue weighted by molar-refractivity contribution is 5.88. The maximum Gasteiger partial charge on any atom is 0.358 e. The zero-order valence-electron chi connectivity index (χ0n) is 10.8. The molecule has 0 aliphatic heterocycles. The summed E-state index contributed by atoms with van der Waals surface area (Å²) in [5.41, 5.74) is 1.73. The molecule has 0 saturated heterocycles. The summed E-state index contributed by atoms with van der Waals surface area (Å²) in [6.45, 7) is 4.90. The van der Waals surface area contributed by atoms with Crippen LogP contribution in [-0.4, -0.2) is 25.8 Å². The van der Waals surface area contributed by atoms with Gasteiger partial charge < -0.3 is 9.84 Å². The Morgan fingerprint density at radius 2 is 2.32 bits per heavy atom. The zero-order chi connectivity index (χ0) is 13.8. The fourth-order valence-corrected chi connectivity index (χ4v) is 1.81. The second kappa shape index (κ2) is 5.51. The van der Waals surface area contributed by atoms with Crippen LogP contribution in [0.4, 0.5) is 0 Å². The third-order valence-electron chi connectivity index (χ3n) is 2.63. The minimum atomic E-state index is -1.10. The van der Waals surface area contributed by atoms with Crippen molar-refractivity contribution in [3.05, 3.63) is 41.5 Å². The van der Waals surface area contributed by atoms with Crippen LogP contribution in [0.15, 0.2) is 24.4 Å². The Labute approximate surface area is 110 Å². The molecule has 0 atom stereocenters. The van der Waals surface area contributed by atoms with Crippen LogP contribution in [0.3, 0.4) is 0 Å². The van der Waals surface area contributed by atoms with Gasteiger partial charge in [-0.2, -0.15) is 5.10 Å². The lowest BCUT2D eigenvalue weighted by Gasteiger charge is -2.09. The fraction of sp³-hybridized carbons (Fsp3) is 0.308. The van der Waals surface area contributed by atoms with Crippen LogP contribution in [0.5, 0.6) is 5.75 Å². The lowest BCUT2D eigenvalue weighted by atomic mass is 10.3. The van der Waals surface area contributed by atoms with Crippen molar-refractivity contribution in [3.8, 4) is 5.75 Å². The number of carboxylic acid groups (broad SMARTS) is 1. The highest BCUT2D eigenvalue weighted by Gasteiger charge is 2.13. The number of carboxylic acids is 1. The molecule has 2 rings (SSSR count). The normalized spacial score (nSPS) is 10.4. The average molecular weight is 261 g/mol. The van der Waals surface area contributed by atoms with Crippen LogP contribution in [0.1, 0.15) is 28.8 Å². The van der Waals surface area contributed by atoms with E-state index in [-0.39, 0.29) is 18.1 Å². The molecule has 19 heavy (non-hydrogen) atoms. The number of nitrogens with zero attached hydrogens (tertiary/aromatic N) is 3. The first-order valence-electron chi connectivity index (χ1n) is 5.96. The summed E-state index contributed by atoms with van der Waals surface area (Å²) in [5, 5.41) is 13.3. The summed E-state index contributed by atoms with van der Waals surface area (Å²) in [5.74, 6) is -0.840. The van der Waals surface area contributed by atoms with Gasteiger partial charge in [-0.1, -0.05) is 0 Å². The van der Waals surface area contributed by atoms with Crippen molar-refractivity contribution in [1.29, 1.82) is 0 Å². The van der Waals surface area contributed by atoms with E-state index in [1.54, 1.807) is 12.1 Å². The number of hydrogen-bond acceptors (Lipinski definition) is 4. The molecule has 6 heteroatoms. The van der Waals surface area contributed by atoms with Crippen molar-refractivity contribution < 1.29 is 14.6 Å². The zero-order valence-corrected chi connectivity index (χ0v) is 10.8. The van der Waals surface area contributed by atoms with Crippen LogP contribution in [0.25, 0.3) is 0 Å². The van der Waals surface area contributed by atoms with Crippen molar-refractivity contribution in [3.63, 3.8) is 0 Å². The van der Waals surface area contributed by atoms with E-state index in [1.165, 1.54) is 6.20 Å². The predicted molar refractivity (Wildman–Crippen MR) is 68.2 cm³/mol. The highest BCUT2D eigenvalue weighted by atomic mass is 16.5. The number of hydrogen-bond donors (Lipinski definition) is 1. The van der Waals surface area contributed by atoms with Gasteiger partial charge in [0.25, 0.3) is 0 Å². The van der Waals surface area contributed by atoms with Gasteiger partial charge in [0, 0.05) is 12.7 Å². The topological polar surface area (TPSA) is 77.2 Å². The summed E-state index contributed by atoms with van der Waals surface area (Å²) in [4.78, 5) is 14.8. The Morgan fingerprint density at radius 3 is 3.00 bits per heavy atom. The second-order valence-corrected chi connectivity index (χ2v) is 4.04. The Bertz CT molecular complexity index is 593. The maximum absolute atomic E-state index is 11.0. The van der Waals surface area contributed by atoms with Gasteiger partial charge in [0.15, 0.2) is 11.4 Å². The van der Waals surface area contributed by atoms with Gasteiger partial charge in [-0.25, -0.2) is 9.78 Å². The highest BCUT2D eigenvalue weighted by Crippen LogP contribution is 2.17. The molecule has 0 unspecified atom stereocenters. The maximum atomic E-state index is 11.0. The van der Waals surface area contributed by atoms with Crippen LogP contribution >= 0.6 is 0 Å². The molecule has 0 saturated carbocycles. The second-order valence-electron chi connectivity index (χ2n) is 4.04. The van der Waals surface area contributed by atoms with Gasteiger partial charge in [0.2, 0.25) is 0 Å². The third-order valence-corrected chi connectivity index (χ3v) is 2.63. The van der Waals surface area contributed by atoms with E-state index in [0.29, 0.717) is 0 Å². The van der Waals surface area contributed by atoms with Crippen LogP contribution < -0.4 is 4.74 Å². The van der Waals surface area contributed by atoms with Gasteiger partial charge >= 0.3 is 5.97 Å². The molecule has 6 nitrogen and oxygen atoms in total. The molecule has 1 N–H and O–H groups in total. The van der Waals surface area contributed by atoms with Gasteiger partial charge in [0.05, 0.1) is 11.4 Å². The third kappa shape index (κ3) is 2.90. The number of carbonyl (C=O) groups is 1. The van der Waals surface area contributed by atoms with E-state index in [0.717, 1.165) is 17.9 Å². The first-order chi connectivity index (χ1) is 9.11. The summed E-state index contributed by atoms with van der Waals surface area (Å²) >= 11 is 0. The number of aryl methyl sites for hydroxylation is 2. The smallest absolute Gasteiger partial charge is 0.358 e. The van der Waals surface area contributed by atoms with Gasteiger partial charge in [0.1, 0.15) is 6.61 Å². The van der Waals surface area contributed by atoms with Crippen LogP contribution in [-0.2, 0) is 13.2 Å². The Balaban J connectivity index is 2.16. The molecule has 0 amide bonds. The number of aromatic nitrogens is 3. The van der Waals surface area contributed by atoms with Crippen LogP contribution in [0.2, 0.25) is 0 Å². The van der Waals surface area contributed by atoms with Gasteiger partial charge in [-0.05, 0) is 32.0 Å². The summed E-state index contributed by atoms with van der Waals surface area (Å²) in [6, 6.07) is 5.15. The molecule has 2 heterocycles. The van der Waals surface area contributed by atoms with Crippen molar-refractivity contribution in [2.45, 2.75) is 27.0 Å². The van der Waals surface area contributed by atoms with E-state index in [2.05, 4.69) is 10.1 Å². The van der Waals surface area contributed by atoms with Crippen molar-refractivity contribution >= 4 is 5.97 Å². The first-order valence-corrected chi connectivity index (χ1v) is 5.96. The van der Waals surface area contributed by atoms with Crippen molar-refractivity contribution in [2.24, 2.45) is 0 Å². The number of aromatic carboxylic acids is 1. The molecule has 100 valence electrons. The Hall–Kier alpha value is -2.37. The number of rotatable bonds is 5. The number of pyridine rings is 1. The van der Waals surface area contributed by atoms with Gasteiger partial charge in [-0.3, -0.25) is 4.68 Å². The summed E-state index contributed by atoms with van der Waals surface area (Å²) < 4.78 is 7.36. The van der Waals surface area contributed by atoms with Crippen molar-refractivity contribution in [1.82, 2.24) is 14.8 Å². The first kappa shape index (κ1) is 13.1. The van der Waals surface area contributed by atoms with Crippen molar-refractivity contribution in [2.75, 3.05) is 0 Å². The number of ether oxygens (including phenoxy) is 1. The van der Waals surface area contributed by atoms with E-state index < -0.39 is 5.97 Å². The summed E-state index contributed by atoms with van der Waals surface area (Å²) in [7, 11) is 0. The monoisotopic (exact) mass is 261 g/mol. The van der Waals surface area contributed by atoms with E-state index in [1.807, 2.05) is 24.6 Å². The molecule has 0 aliphatic carbocycles. The molecule has 0 bridgehead atoms. The Morgan fingerprint density at radius 1 is 1.53 bits per heavy atom. The minimum absolute atomic E-state index is 0.0817. The van der Waals surface area contributed by atoms with Gasteiger partial charge in [-0.15, -0.1) is 0 Å². The molecule has 0 radical (unpaired) electrons. The largest absolute Gasteiger partial charge is 0.485 e. The van der Waals surface area contributed by atoms with E-state index >= 15 is 0 Å². The Kier molecular flexibility index (Phi) is 3.79. The molecular weight excluding hydrogens is 246 g/mol. The quantitative estimate of drug-likeness (QED) is 0.889. The summed E-state index contributed by atoms with van der Waals surface area (Å²) in [6.07, 6.45) is 1.43. The molecule has 0 aromatic carbocycles. The molecule has 0 spiro atoms. The average Bonchev–Trinajstić information content (AvgIpc) is 2.77. The lowest BCUT2D eigenvalue weighted by Crippen LogP contribution is -2.09. The predicted octanol–water partition coefficient (Wildman–Crippen LogP) is 1.88. The van der Waals surface area contributed by atoms with E-state index in [4.69, 9.17) is 9.84 Å². The standard InChI is InChI=1S/C13H15N3O3/c1-3-16-10(7-9(2)15-16)8-19-11-5-4-6-14-12(11)13(17)18/h4-7H,3,8H2,1-2H3,(H,17,18). The molecule has 2 aromatic rings. The minimum Gasteiger partial charge on any atom is -0.485 e. The van der Waals surface area contributed by atoms with E-state index in [9.17, 15) is 4.79 Å². The molecule has 0 fully saturated rings. The lowest BCUT2D eigenvalue weighted by molar-refractivity contribution is 0.0684. The molecular formula is C13H15N3O3.